The van der Waals surface area contributed by atoms with E-state index in [1.807, 2.05) is 0 Å². The van der Waals surface area contributed by atoms with Gasteiger partial charge in [-0.05, 0) is 19.8 Å². The molecule has 4 heteroatoms. The zero-order valence-electron chi connectivity index (χ0n) is 10.6. The van der Waals surface area contributed by atoms with Gasteiger partial charge in [-0.1, -0.05) is 25.5 Å². The second kappa shape index (κ2) is 4.42. The fourth-order valence-electron chi connectivity index (χ4n) is 3.04. The zero-order valence-corrected chi connectivity index (χ0v) is 10.6. The first-order valence-electron chi connectivity index (χ1n) is 6.39. The predicted octanol–water partition coefficient (Wildman–Crippen LogP) is 0.846. The van der Waals surface area contributed by atoms with Crippen molar-refractivity contribution in [3.63, 3.8) is 0 Å². The third kappa shape index (κ3) is 2.24. The zero-order chi connectivity index (χ0) is 12.5. The monoisotopic (exact) mass is 238 g/mol. The number of nitrogens with one attached hydrogen (secondary N) is 1. The molecule has 3 N–H and O–H groups in total. The molecular weight excluding hydrogens is 216 g/mol. The first-order chi connectivity index (χ1) is 8.00. The Labute approximate surface area is 102 Å². The van der Waals surface area contributed by atoms with Crippen molar-refractivity contribution < 1.29 is 10.2 Å². The smallest absolute Gasteiger partial charge is 0.106 e. The fourth-order valence-corrected chi connectivity index (χ4v) is 3.04. The van der Waals surface area contributed by atoms with Crippen LogP contribution in [0.3, 0.4) is 0 Å². The van der Waals surface area contributed by atoms with Gasteiger partial charge in [-0.2, -0.15) is 0 Å². The lowest BCUT2D eigenvalue weighted by Crippen LogP contribution is -2.52. The van der Waals surface area contributed by atoms with Gasteiger partial charge in [0.05, 0.1) is 23.7 Å². The van der Waals surface area contributed by atoms with Crippen molar-refractivity contribution >= 4 is 5.84 Å². The minimum absolute atomic E-state index is 0.441. The molecule has 0 fully saturated rings. The van der Waals surface area contributed by atoms with Crippen LogP contribution in [0.5, 0.6) is 0 Å². The van der Waals surface area contributed by atoms with Crippen LogP contribution >= 0.6 is 0 Å². The molecular formula is C13H22N2O2. The Hall–Kier alpha value is -0.870. The molecule has 0 aromatic heterocycles. The summed E-state index contributed by atoms with van der Waals surface area (Å²) in [6.45, 7) is 5.48. The third-order valence-corrected chi connectivity index (χ3v) is 3.72. The molecule has 4 nitrogen and oxygen atoms in total. The van der Waals surface area contributed by atoms with Crippen LogP contribution < -0.4 is 5.32 Å². The van der Waals surface area contributed by atoms with Crippen LogP contribution in [0.2, 0.25) is 0 Å². The number of aliphatic hydroxyl groups is 2. The van der Waals surface area contributed by atoms with E-state index < -0.39 is 17.1 Å². The number of hydrogen-bond acceptors (Lipinski definition) is 4. The molecule has 0 bridgehead atoms. The average molecular weight is 238 g/mol. The van der Waals surface area contributed by atoms with Gasteiger partial charge >= 0.3 is 0 Å². The first-order valence-corrected chi connectivity index (χ1v) is 6.39. The molecule has 3 unspecified atom stereocenters. The van der Waals surface area contributed by atoms with Crippen LogP contribution in [0.1, 0.15) is 33.1 Å². The van der Waals surface area contributed by atoms with Gasteiger partial charge in [-0.25, -0.2) is 0 Å². The second-order valence-electron chi connectivity index (χ2n) is 5.40. The van der Waals surface area contributed by atoms with Gasteiger partial charge in [0.15, 0.2) is 0 Å². The van der Waals surface area contributed by atoms with Crippen molar-refractivity contribution in [2.75, 3.05) is 13.1 Å². The number of aliphatic hydroxyl groups excluding tert-OH is 1. The Kier molecular flexibility index (Phi) is 3.27. The molecule has 0 radical (unpaired) electrons. The molecule has 0 amide bonds. The van der Waals surface area contributed by atoms with Crippen molar-refractivity contribution in [3.8, 4) is 0 Å². The normalized spacial score (nSPS) is 41.2. The van der Waals surface area contributed by atoms with E-state index in [9.17, 15) is 10.2 Å². The maximum Gasteiger partial charge on any atom is 0.106 e. The van der Waals surface area contributed by atoms with Crippen LogP contribution in [-0.4, -0.2) is 40.8 Å². The summed E-state index contributed by atoms with van der Waals surface area (Å²) in [5.74, 6) is 0.872. The molecule has 96 valence electrons. The number of nitrogens with zero attached hydrogens (tertiary/aromatic N) is 1. The standard InChI is InChI=1S/C13H22N2O2/c1-3-5-13(11-14-7-8-15-11)9-12(2,17)6-4-10(13)16/h4,6,10,16-17H,3,5,7-9H2,1-2H3,(H,14,15). The molecule has 0 saturated carbocycles. The quantitative estimate of drug-likeness (QED) is 0.639. The summed E-state index contributed by atoms with van der Waals surface area (Å²) < 4.78 is 0. The lowest BCUT2D eigenvalue weighted by Gasteiger charge is -2.44. The summed E-state index contributed by atoms with van der Waals surface area (Å²) in [5, 5.41) is 23.8. The van der Waals surface area contributed by atoms with Gasteiger partial charge in [-0.15, -0.1) is 0 Å². The molecule has 0 saturated heterocycles. The maximum atomic E-state index is 10.3. The minimum Gasteiger partial charge on any atom is -0.388 e. The molecule has 0 spiro atoms. The Morgan fingerprint density at radius 1 is 1.59 bits per heavy atom. The average Bonchev–Trinajstić information content (AvgIpc) is 2.77. The molecule has 2 aliphatic rings. The van der Waals surface area contributed by atoms with E-state index in [1.54, 1.807) is 19.1 Å². The molecule has 3 atom stereocenters. The second-order valence-corrected chi connectivity index (χ2v) is 5.40. The summed E-state index contributed by atoms with van der Waals surface area (Å²) in [5.41, 5.74) is -1.30. The number of amidine groups is 1. The van der Waals surface area contributed by atoms with Crippen LogP contribution in [0.15, 0.2) is 17.1 Å². The Morgan fingerprint density at radius 3 is 2.94 bits per heavy atom. The van der Waals surface area contributed by atoms with E-state index in [2.05, 4.69) is 17.2 Å². The summed E-state index contributed by atoms with van der Waals surface area (Å²) >= 11 is 0. The van der Waals surface area contributed by atoms with Gasteiger partial charge in [0, 0.05) is 6.54 Å². The van der Waals surface area contributed by atoms with Crippen LogP contribution in [0.4, 0.5) is 0 Å². The SMILES string of the molecule is CCCC1(C2=NCCN2)CC(C)(O)C=CC1O. The van der Waals surface area contributed by atoms with Gasteiger partial charge in [-0.3, -0.25) is 4.99 Å². The van der Waals surface area contributed by atoms with Crippen molar-refractivity contribution in [2.45, 2.75) is 44.8 Å². The van der Waals surface area contributed by atoms with E-state index >= 15 is 0 Å². The molecule has 1 heterocycles. The van der Waals surface area contributed by atoms with Crippen molar-refractivity contribution in [3.05, 3.63) is 12.2 Å². The minimum atomic E-state index is -0.860. The number of aliphatic imine (C=N–C) groups is 1. The van der Waals surface area contributed by atoms with Crippen molar-refractivity contribution in [2.24, 2.45) is 10.4 Å². The highest BCUT2D eigenvalue weighted by Crippen LogP contribution is 2.42. The summed E-state index contributed by atoms with van der Waals surface area (Å²) in [7, 11) is 0. The number of rotatable bonds is 3. The largest absolute Gasteiger partial charge is 0.388 e. The highest BCUT2D eigenvalue weighted by molar-refractivity contribution is 5.90. The van der Waals surface area contributed by atoms with Gasteiger partial charge in [0.2, 0.25) is 0 Å². The van der Waals surface area contributed by atoms with Gasteiger partial charge in [0.1, 0.15) is 5.84 Å². The summed E-state index contributed by atoms with van der Waals surface area (Å²) in [6, 6.07) is 0. The highest BCUT2D eigenvalue weighted by Gasteiger charge is 2.48. The lowest BCUT2D eigenvalue weighted by atomic mass is 9.66. The van der Waals surface area contributed by atoms with Gasteiger partial charge < -0.3 is 15.5 Å². The Bertz CT molecular complexity index is 349. The fraction of sp³-hybridized carbons (Fsp3) is 0.769. The third-order valence-electron chi connectivity index (χ3n) is 3.72. The van der Waals surface area contributed by atoms with Gasteiger partial charge in [0.25, 0.3) is 0 Å². The van der Waals surface area contributed by atoms with Crippen LogP contribution in [-0.2, 0) is 0 Å². The van der Waals surface area contributed by atoms with E-state index in [4.69, 9.17) is 0 Å². The Balaban J connectivity index is 2.36. The van der Waals surface area contributed by atoms with E-state index in [0.29, 0.717) is 6.42 Å². The van der Waals surface area contributed by atoms with E-state index in [-0.39, 0.29) is 0 Å². The van der Waals surface area contributed by atoms with Crippen LogP contribution in [0, 0.1) is 5.41 Å². The topological polar surface area (TPSA) is 64.9 Å². The predicted molar refractivity (Wildman–Crippen MR) is 68.0 cm³/mol. The summed E-state index contributed by atoms with van der Waals surface area (Å²) in [6.07, 6.45) is 5.16. The molecule has 0 aromatic carbocycles. The Morgan fingerprint density at radius 2 is 2.35 bits per heavy atom. The van der Waals surface area contributed by atoms with Crippen LogP contribution in [0.25, 0.3) is 0 Å². The molecule has 1 aliphatic heterocycles. The van der Waals surface area contributed by atoms with E-state index in [0.717, 1.165) is 31.8 Å². The lowest BCUT2D eigenvalue weighted by molar-refractivity contribution is 0.00170. The molecule has 2 rings (SSSR count). The maximum absolute atomic E-state index is 10.3. The van der Waals surface area contributed by atoms with Crippen molar-refractivity contribution in [1.29, 1.82) is 0 Å². The number of hydrogen-bond donors (Lipinski definition) is 3. The van der Waals surface area contributed by atoms with Crippen molar-refractivity contribution in [1.82, 2.24) is 5.32 Å². The molecule has 0 aromatic rings. The molecule has 17 heavy (non-hydrogen) atoms. The van der Waals surface area contributed by atoms with E-state index in [1.165, 1.54) is 0 Å². The molecule has 1 aliphatic carbocycles. The summed E-state index contributed by atoms with van der Waals surface area (Å²) in [4.78, 5) is 4.47. The highest BCUT2D eigenvalue weighted by atomic mass is 16.3. The first kappa shape index (κ1) is 12.6.